The molecule has 7 nitrogen and oxygen atoms in total. The highest BCUT2D eigenvalue weighted by Crippen LogP contribution is 2.49. The number of aromatic nitrogens is 2. The summed E-state index contributed by atoms with van der Waals surface area (Å²) >= 11 is 0. The Morgan fingerprint density at radius 3 is 2.47 bits per heavy atom. The van der Waals surface area contributed by atoms with Gasteiger partial charge in [-0.05, 0) is 6.07 Å². The number of amides is 1. The van der Waals surface area contributed by atoms with Crippen molar-refractivity contribution in [2.24, 2.45) is 7.05 Å². The number of halogens is 4. The molecule has 0 bridgehead atoms. The molecule has 1 spiro atoms. The molecule has 1 aromatic carbocycles. The van der Waals surface area contributed by atoms with Crippen molar-refractivity contribution in [3.8, 4) is 23.8 Å². The van der Waals surface area contributed by atoms with Crippen LogP contribution in [0.25, 0.3) is 5.69 Å². The van der Waals surface area contributed by atoms with E-state index in [1.165, 1.54) is 0 Å². The Morgan fingerprint density at radius 2 is 1.90 bits per heavy atom. The highest BCUT2D eigenvalue weighted by atomic mass is 19.4. The van der Waals surface area contributed by atoms with E-state index in [1.807, 2.05) is 5.92 Å². The van der Waals surface area contributed by atoms with E-state index in [4.69, 9.17) is 13.9 Å². The molecule has 4 rings (SSSR count). The highest BCUT2D eigenvalue weighted by Gasteiger charge is 2.58. The average Bonchev–Trinajstić information content (AvgIpc) is 3.46. The molecule has 1 aromatic heterocycles. The van der Waals surface area contributed by atoms with Crippen molar-refractivity contribution in [3.63, 3.8) is 0 Å². The first-order valence-corrected chi connectivity index (χ1v) is 8.49. The standard InChI is InChI=1S/C19H13F4N3O4/c1-3-6-25-12-8-11(10(20)7-13(12)30-18(4-5-18)16(25)28)26-15(27)9-14(19(21,22)23)24(2)17(26)29/h1,7-9H,4-6H2,2H3/i6D2. The van der Waals surface area contributed by atoms with Crippen molar-refractivity contribution in [1.82, 2.24) is 9.13 Å². The van der Waals surface area contributed by atoms with Crippen LogP contribution in [0.3, 0.4) is 0 Å². The van der Waals surface area contributed by atoms with Gasteiger partial charge in [0.1, 0.15) is 11.4 Å². The topological polar surface area (TPSA) is 73.5 Å². The maximum Gasteiger partial charge on any atom is 0.431 e. The van der Waals surface area contributed by atoms with Gasteiger partial charge in [0.05, 0.1) is 20.6 Å². The van der Waals surface area contributed by atoms with Gasteiger partial charge >= 0.3 is 11.9 Å². The molecule has 156 valence electrons. The van der Waals surface area contributed by atoms with Crippen LogP contribution in [0.5, 0.6) is 5.75 Å². The van der Waals surface area contributed by atoms with Crippen LogP contribution in [0.1, 0.15) is 21.3 Å². The predicted molar refractivity (Wildman–Crippen MR) is 96.0 cm³/mol. The maximum atomic E-state index is 14.9. The number of alkyl halides is 3. The van der Waals surface area contributed by atoms with Crippen LogP contribution in [-0.4, -0.2) is 27.1 Å². The van der Waals surface area contributed by atoms with Gasteiger partial charge in [-0.3, -0.25) is 19.1 Å². The van der Waals surface area contributed by atoms with Gasteiger partial charge < -0.3 is 4.74 Å². The van der Waals surface area contributed by atoms with E-state index in [9.17, 15) is 31.9 Å². The van der Waals surface area contributed by atoms with Gasteiger partial charge in [0.15, 0.2) is 11.4 Å². The van der Waals surface area contributed by atoms with E-state index < -0.39 is 52.6 Å². The second-order valence-electron chi connectivity index (χ2n) is 6.81. The molecule has 2 aliphatic rings. The van der Waals surface area contributed by atoms with Crippen LogP contribution in [0.15, 0.2) is 27.8 Å². The summed E-state index contributed by atoms with van der Waals surface area (Å²) in [7, 11) is 0.754. The third-order valence-electron chi connectivity index (χ3n) is 4.90. The number of hydrogen-bond donors (Lipinski definition) is 0. The maximum absolute atomic E-state index is 14.9. The van der Waals surface area contributed by atoms with Crippen LogP contribution in [-0.2, 0) is 18.0 Å². The van der Waals surface area contributed by atoms with E-state index >= 15 is 0 Å². The Labute approximate surface area is 168 Å². The summed E-state index contributed by atoms with van der Waals surface area (Å²) in [6.07, 6.45) is 0.688. The molecule has 1 saturated carbocycles. The zero-order valence-corrected chi connectivity index (χ0v) is 15.2. The average molecular weight is 425 g/mol. The van der Waals surface area contributed by atoms with Gasteiger partial charge in [-0.2, -0.15) is 13.2 Å². The molecule has 2 heterocycles. The van der Waals surface area contributed by atoms with Crippen molar-refractivity contribution in [1.29, 1.82) is 0 Å². The second-order valence-corrected chi connectivity index (χ2v) is 6.81. The van der Waals surface area contributed by atoms with Crippen molar-refractivity contribution in [2.45, 2.75) is 24.6 Å². The van der Waals surface area contributed by atoms with Crippen molar-refractivity contribution in [3.05, 3.63) is 50.5 Å². The zero-order chi connectivity index (χ0) is 23.8. The van der Waals surface area contributed by atoms with Crippen LogP contribution in [0.4, 0.5) is 23.2 Å². The summed E-state index contributed by atoms with van der Waals surface area (Å²) < 4.78 is 76.0. The first-order valence-electron chi connectivity index (χ1n) is 9.49. The molecule has 0 saturated heterocycles. The molecule has 11 heteroatoms. The lowest BCUT2D eigenvalue weighted by Crippen LogP contribution is -2.48. The summed E-state index contributed by atoms with van der Waals surface area (Å²) in [6.45, 7) is -2.68. The highest BCUT2D eigenvalue weighted by molar-refractivity contribution is 6.05. The molecule has 2 aromatic rings. The Morgan fingerprint density at radius 1 is 1.23 bits per heavy atom. The number of benzene rings is 1. The SMILES string of the molecule is [2H]C([2H])(C#C)N1C(=O)C2(CC2)Oc2cc(F)c(-n3c(=O)cc(C(F)(F)F)n(C)c3=O)cc21. The van der Waals surface area contributed by atoms with E-state index in [0.29, 0.717) is 4.90 Å². The Kier molecular flexibility index (Phi) is 3.59. The van der Waals surface area contributed by atoms with E-state index in [-0.39, 0.29) is 39.5 Å². The van der Waals surface area contributed by atoms with Crippen molar-refractivity contribution < 1.29 is 29.8 Å². The Bertz CT molecular complexity index is 1340. The zero-order valence-electron chi connectivity index (χ0n) is 17.2. The molecule has 30 heavy (non-hydrogen) atoms. The molecule has 1 amide bonds. The minimum Gasteiger partial charge on any atom is -0.475 e. The van der Waals surface area contributed by atoms with Gasteiger partial charge in [0.25, 0.3) is 11.5 Å². The summed E-state index contributed by atoms with van der Waals surface area (Å²) in [5, 5.41) is 0. The molecule has 0 radical (unpaired) electrons. The molecule has 1 aliphatic carbocycles. The molecular formula is C19H13F4N3O4. The normalized spacial score (nSPS) is 18.3. The monoisotopic (exact) mass is 425 g/mol. The molecule has 0 unspecified atom stereocenters. The Hall–Kier alpha value is -3.55. The van der Waals surface area contributed by atoms with E-state index in [2.05, 4.69) is 0 Å². The quantitative estimate of drug-likeness (QED) is 0.541. The fourth-order valence-corrected chi connectivity index (χ4v) is 3.25. The number of hydrogen-bond acceptors (Lipinski definition) is 4. The fourth-order valence-electron chi connectivity index (χ4n) is 3.25. The van der Waals surface area contributed by atoms with Gasteiger partial charge in [0, 0.05) is 32.0 Å². The predicted octanol–water partition coefficient (Wildman–Crippen LogP) is 1.59. The lowest BCUT2D eigenvalue weighted by Gasteiger charge is -2.34. The molecule has 1 fully saturated rings. The smallest absolute Gasteiger partial charge is 0.431 e. The number of fused-ring (bicyclic) bond motifs is 1. The van der Waals surface area contributed by atoms with Crippen molar-refractivity contribution in [2.75, 3.05) is 11.4 Å². The van der Waals surface area contributed by atoms with Crippen molar-refractivity contribution >= 4 is 11.6 Å². The second kappa shape index (κ2) is 6.22. The summed E-state index contributed by atoms with van der Waals surface area (Å²) in [5.41, 5.74) is -7.09. The van der Waals surface area contributed by atoms with Gasteiger partial charge in [-0.15, -0.1) is 6.42 Å². The van der Waals surface area contributed by atoms with Crippen LogP contribution >= 0.6 is 0 Å². The third kappa shape index (κ3) is 2.79. The largest absolute Gasteiger partial charge is 0.475 e. The van der Waals surface area contributed by atoms with E-state index in [0.717, 1.165) is 19.2 Å². The van der Waals surface area contributed by atoms with Crippen LogP contribution in [0.2, 0.25) is 0 Å². The van der Waals surface area contributed by atoms with Gasteiger partial charge in [-0.25, -0.2) is 13.8 Å². The third-order valence-corrected chi connectivity index (χ3v) is 4.90. The summed E-state index contributed by atoms with van der Waals surface area (Å²) in [6, 6.07) is 1.61. The molecular weight excluding hydrogens is 410 g/mol. The molecule has 1 aliphatic heterocycles. The van der Waals surface area contributed by atoms with Gasteiger partial charge in [-0.1, -0.05) is 5.92 Å². The number of carbonyl (C=O) groups excluding carboxylic acids is 1. The molecule has 0 atom stereocenters. The number of nitrogens with zero attached hydrogens (tertiary/aromatic N) is 3. The lowest BCUT2D eigenvalue weighted by atomic mass is 10.1. The number of terminal acetylenes is 1. The summed E-state index contributed by atoms with van der Waals surface area (Å²) in [4.78, 5) is 38.3. The Balaban J connectivity index is 1.99. The van der Waals surface area contributed by atoms with Gasteiger partial charge in [0.2, 0.25) is 0 Å². The van der Waals surface area contributed by atoms with E-state index in [1.54, 1.807) is 0 Å². The minimum absolute atomic E-state index is 0.125. The van der Waals surface area contributed by atoms with Crippen LogP contribution in [0, 0.1) is 18.2 Å². The number of carbonyl (C=O) groups is 1. The first kappa shape index (κ1) is 17.3. The number of anilines is 1. The fraction of sp³-hybridized carbons (Fsp3) is 0.316. The minimum atomic E-state index is -5.01. The first-order chi connectivity index (χ1) is 14.7. The lowest BCUT2D eigenvalue weighted by molar-refractivity contribution is -0.144. The number of ether oxygens (including phenoxy) is 1. The summed E-state index contributed by atoms with van der Waals surface area (Å²) in [5.74, 6) is -0.506. The molecule has 0 N–H and O–H groups in total. The van der Waals surface area contributed by atoms with Crippen LogP contribution < -0.4 is 20.9 Å². The number of rotatable bonds is 2.